The van der Waals surface area contributed by atoms with E-state index in [4.69, 9.17) is 0 Å². The lowest BCUT2D eigenvalue weighted by molar-refractivity contribution is -0.142. The molecular weight excluding hydrogens is 309 g/mol. The van der Waals surface area contributed by atoms with E-state index in [1.165, 1.54) is 22.8 Å². The zero-order valence-corrected chi connectivity index (χ0v) is 14.1. The summed E-state index contributed by atoms with van der Waals surface area (Å²) in [6.07, 6.45) is -1.62. The Balaban J connectivity index is 2.28. The third-order valence-electron chi connectivity index (χ3n) is 3.61. The first kappa shape index (κ1) is 17.1. The van der Waals surface area contributed by atoms with Gasteiger partial charge < -0.3 is 0 Å². The third-order valence-corrected chi connectivity index (χ3v) is 4.80. The Bertz CT molecular complexity index is 626. The number of halogens is 3. The molecule has 1 unspecified atom stereocenters. The van der Waals surface area contributed by atoms with E-state index in [-0.39, 0.29) is 12.0 Å². The second-order valence-electron chi connectivity index (χ2n) is 6.19. The molecule has 2 nitrogen and oxygen atoms in total. The van der Waals surface area contributed by atoms with Crippen LogP contribution in [0.25, 0.3) is 0 Å². The van der Waals surface area contributed by atoms with Gasteiger partial charge in [0.05, 0.1) is 0 Å². The monoisotopic (exact) mass is 330 g/mol. The highest BCUT2D eigenvalue weighted by Crippen LogP contribution is 2.35. The first-order chi connectivity index (χ1) is 10.2. The molecule has 2 aromatic rings. The van der Waals surface area contributed by atoms with E-state index < -0.39 is 11.9 Å². The van der Waals surface area contributed by atoms with Crippen LogP contribution in [0.4, 0.5) is 13.2 Å². The Kier molecular flexibility index (Phi) is 5.00. The van der Waals surface area contributed by atoms with Crippen molar-refractivity contribution >= 4 is 11.3 Å². The molecule has 0 aliphatic heterocycles. The fourth-order valence-electron chi connectivity index (χ4n) is 2.85. The summed E-state index contributed by atoms with van der Waals surface area (Å²) in [6.45, 7) is 6.46. The maximum absolute atomic E-state index is 13.0. The molecule has 0 radical (unpaired) electrons. The predicted octanol–water partition coefficient (Wildman–Crippen LogP) is 5.24. The van der Waals surface area contributed by atoms with Crippen LogP contribution in [-0.2, 0) is 19.6 Å². The number of thiophene rings is 1. The third kappa shape index (κ3) is 3.91. The van der Waals surface area contributed by atoms with Gasteiger partial charge in [-0.15, -0.1) is 11.3 Å². The molecule has 0 aliphatic rings. The van der Waals surface area contributed by atoms with Crippen LogP contribution in [0.5, 0.6) is 0 Å². The van der Waals surface area contributed by atoms with Crippen LogP contribution < -0.4 is 0 Å². The summed E-state index contributed by atoms with van der Waals surface area (Å²) in [5, 5.41) is 5.54. The Hall–Kier alpha value is -1.30. The Morgan fingerprint density at radius 2 is 1.91 bits per heavy atom. The van der Waals surface area contributed by atoms with Gasteiger partial charge in [-0.25, -0.2) is 0 Å². The Labute approximate surface area is 133 Å². The quantitative estimate of drug-likeness (QED) is 0.733. The number of aromatic nitrogens is 2. The molecule has 0 saturated carbocycles. The summed E-state index contributed by atoms with van der Waals surface area (Å²) in [7, 11) is 1.52. The van der Waals surface area contributed by atoms with Crippen molar-refractivity contribution in [3.05, 3.63) is 39.3 Å². The normalized spacial score (nSPS) is 13.8. The van der Waals surface area contributed by atoms with Crippen molar-refractivity contribution in [2.45, 2.75) is 45.7 Å². The van der Waals surface area contributed by atoms with Crippen molar-refractivity contribution in [3.8, 4) is 0 Å². The van der Waals surface area contributed by atoms with Gasteiger partial charge in [0.15, 0.2) is 5.69 Å². The number of hydrogen-bond donors (Lipinski definition) is 0. The van der Waals surface area contributed by atoms with Crippen LogP contribution in [-0.4, -0.2) is 9.78 Å². The maximum atomic E-state index is 13.0. The van der Waals surface area contributed by atoms with Crippen molar-refractivity contribution in [2.24, 2.45) is 13.0 Å². The van der Waals surface area contributed by atoms with Crippen LogP contribution in [0.15, 0.2) is 17.6 Å². The van der Waals surface area contributed by atoms with E-state index in [1.807, 2.05) is 11.4 Å². The molecule has 0 saturated heterocycles. The molecule has 0 amide bonds. The number of alkyl halides is 3. The van der Waals surface area contributed by atoms with Gasteiger partial charge in [0, 0.05) is 30.1 Å². The van der Waals surface area contributed by atoms with Gasteiger partial charge in [-0.2, -0.15) is 18.3 Å². The average Bonchev–Trinajstić information content (AvgIpc) is 2.95. The van der Waals surface area contributed by atoms with E-state index in [0.717, 1.165) is 12.0 Å². The summed E-state index contributed by atoms with van der Waals surface area (Å²) in [4.78, 5) is 1.19. The minimum absolute atomic E-state index is 0.242. The first-order valence-corrected chi connectivity index (χ1v) is 8.22. The second kappa shape index (κ2) is 6.44. The molecule has 0 aromatic carbocycles. The lowest BCUT2D eigenvalue weighted by Gasteiger charge is -2.15. The summed E-state index contributed by atoms with van der Waals surface area (Å²) < 4.78 is 40.4. The highest BCUT2D eigenvalue weighted by Gasteiger charge is 2.37. The Morgan fingerprint density at radius 1 is 1.23 bits per heavy atom. The van der Waals surface area contributed by atoms with Crippen molar-refractivity contribution < 1.29 is 13.2 Å². The van der Waals surface area contributed by atoms with Gasteiger partial charge >= 0.3 is 6.18 Å². The molecule has 2 heterocycles. The van der Waals surface area contributed by atoms with Crippen molar-refractivity contribution in [1.29, 1.82) is 0 Å². The second-order valence-corrected chi connectivity index (χ2v) is 7.14. The molecule has 22 heavy (non-hydrogen) atoms. The van der Waals surface area contributed by atoms with E-state index in [0.29, 0.717) is 11.8 Å². The minimum atomic E-state index is -4.41. The average molecular weight is 330 g/mol. The van der Waals surface area contributed by atoms with E-state index in [1.54, 1.807) is 11.3 Å². The molecule has 2 rings (SSSR count). The van der Waals surface area contributed by atoms with Crippen molar-refractivity contribution in [1.82, 2.24) is 9.78 Å². The van der Waals surface area contributed by atoms with Crippen LogP contribution >= 0.6 is 11.3 Å². The molecule has 1 atom stereocenters. The number of rotatable bonds is 5. The molecular formula is C16H21F3N2S. The van der Waals surface area contributed by atoms with Crippen LogP contribution in [0.2, 0.25) is 0 Å². The molecule has 2 aromatic heterocycles. The Morgan fingerprint density at radius 3 is 2.50 bits per heavy atom. The molecule has 0 aliphatic carbocycles. The number of aryl methyl sites for hydroxylation is 1. The zero-order chi connectivity index (χ0) is 16.5. The molecule has 0 fully saturated rings. The van der Waals surface area contributed by atoms with Gasteiger partial charge in [0.1, 0.15) is 0 Å². The molecule has 0 spiro atoms. The van der Waals surface area contributed by atoms with Crippen molar-refractivity contribution in [2.75, 3.05) is 0 Å². The summed E-state index contributed by atoms with van der Waals surface area (Å²) >= 11 is 1.63. The van der Waals surface area contributed by atoms with Crippen LogP contribution in [0.1, 0.15) is 54.8 Å². The summed E-state index contributed by atoms with van der Waals surface area (Å²) in [6, 6.07) is 1.93. The highest BCUT2D eigenvalue weighted by atomic mass is 32.1. The van der Waals surface area contributed by atoms with E-state index in [9.17, 15) is 13.2 Å². The SMILES string of the molecule is CC(C)CC(C)c1sccc1Cc1cn(C)nc1C(F)(F)F. The molecule has 122 valence electrons. The number of hydrogen-bond acceptors (Lipinski definition) is 2. The molecule has 0 bridgehead atoms. The van der Waals surface area contributed by atoms with E-state index in [2.05, 4.69) is 25.9 Å². The van der Waals surface area contributed by atoms with Crippen LogP contribution in [0, 0.1) is 5.92 Å². The van der Waals surface area contributed by atoms with Gasteiger partial charge in [0.2, 0.25) is 0 Å². The number of nitrogens with zero attached hydrogens (tertiary/aromatic N) is 2. The summed E-state index contributed by atoms with van der Waals surface area (Å²) in [5.41, 5.74) is 0.451. The maximum Gasteiger partial charge on any atom is 0.435 e. The largest absolute Gasteiger partial charge is 0.435 e. The highest BCUT2D eigenvalue weighted by molar-refractivity contribution is 7.10. The summed E-state index contributed by atoms with van der Waals surface area (Å²) in [5.74, 6) is 0.926. The lowest BCUT2D eigenvalue weighted by Crippen LogP contribution is -2.10. The van der Waals surface area contributed by atoms with E-state index >= 15 is 0 Å². The topological polar surface area (TPSA) is 17.8 Å². The fourth-order valence-corrected chi connectivity index (χ4v) is 3.85. The van der Waals surface area contributed by atoms with Gasteiger partial charge in [-0.1, -0.05) is 20.8 Å². The predicted molar refractivity (Wildman–Crippen MR) is 83.2 cm³/mol. The first-order valence-electron chi connectivity index (χ1n) is 7.34. The standard InChI is InChI=1S/C16H21F3N2S/c1-10(2)7-11(3)14-12(5-6-22-14)8-13-9-21(4)20-15(13)16(17,18)19/h5-6,9-11H,7-8H2,1-4H3. The molecule has 0 N–H and O–H groups in total. The van der Waals surface area contributed by atoms with Crippen molar-refractivity contribution in [3.63, 3.8) is 0 Å². The van der Waals surface area contributed by atoms with Crippen LogP contribution in [0.3, 0.4) is 0 Å². The zero-order valence-electron chi connectivity index (χ0n) is 13.2. The van der Waals surface area contributed by atoms with Gasteiger partial charge in [-0.3, -0.25) is 4.68 Å². The fraction of sp³-hybridized carbons (Fsp3) is 0.562. The van der Waals surface area contributed by atoms with Gasteiger partial charge in [-0.05, 0) is 35.3 Å². The lowest BCUT2D eigenvalue weighted by atomic mass is 9.93. The minimum Gasteiger partial charge on any atom is -0.275 e. The molecule has 6 heteroatoms. The smallest absolute Gasteiger partial charge is 0.275 e. The van der Waals surface area contributed by atoms with Gasteiger partial charge in [0.25, 0.3) is 0 Å².